The summed E-state index contributed by atoms with van der Waals surface area (Å²) in [5, 5.41) is 3.56. The van der Waals surface area contributed by atoms with Crippen molar-refractivity contribution in [2.24, 2.45) is 0 Å². The third-order valence-electron chi connectivity index (χ3n) is 5.07. The van der Waals surface area contributed by atoms with Gasteiger partial charge in [0.1, 0.15) is 18.0 Å². The predicted octanol–water partition coefficient (Wildman–Crippen LogP) is 3.75. The molecule has 1 amide bonds. The third kappa shape index (κ3) is 4.38. The monoisotopic (exact) mass is 367 g/mol. The van der Waals surface area contributed by atoms with Gasteiger partial charge in [-0.05, 0) is 23.0 Å². The van der Waals surface area contributed by atoms with Crippen molar-refractivity contribution < 1.29 is 4.79 Å². The van der Waals surface area contributed by atoms with E-state index in [0.717, 1.165) is 49.9 Å². The summed E-state index contributed by atoms with van der Waals surface area (Å²) >= 11 is 0. The Morgan fingerprint density at radius 3 is 2.19 bits per heavy atom. The van der Waals surface area contributed by atoms with Gasteiger partial charge < -0.3 is 15.1 Å². The van der Waals surface area contributed by atoms with Gasteiger partial charge in [0.15, 0.2) is 0 Å². The number of nitrogens with one attached hydrogen (secondary N) is 1. The number of aromatic nitrogens is 2. The molecule has 0 atom stereocenters. The molecule has 1 N–H and O–H groups in total. The van der Waals surface area contributed by atoms with E-state index in [4.69, 9.17) is 0 Å². The largest absolute Gasteiger partial charge is 0.353 e. The summed E-state index contributed by atoms with van der Waals surface area (Å²) in [4.78, 5) is 23.8. The second-order valence-corrected chi connectivity index (χ2v) is 7.64. The number of amides is 1. The minimum Gasteiger partial charge on any atom is -0.353 e. The zero-order chi connectivity index (χ0) is 19.4. The molecule has 0 spiro atoms. The molecular formula is C21H29N5O. The van der Waals surface area contributed by atoms with Crippen LogP contribution in [0, 0.1) is 0 Å². The lowest BCUT2D eigenvalue weighted by Crippen LogP contribution is -2.46. The molecule has 2 heterocycles. The molecule has 1 aromatic carbocycles. The van der Waals surface area contributed by atoms with Crippen molar-refractivity contribution in [3.8, 4) is 0 Å². The first-order chi connectivity index (χ1) is 13.0. The molecule has 6 nitrogen and oxygen atoms in total. The van der Waals surface area contributed by atoms with Gasteiger partial charge in [-0.2, -0.15) is 0 Å². The van der Waals surface area contributed by atoms with E-state index in [2.05, 4.69) is 66.1 Å². The molecule has 0 unspecified atom stereocenters. The Hall–Kier alpha value is -2.63. The average molecular weight is 367 g/mol. The van der Waals surface area contributed by atoms with Gasteiger partial charge in [-0.3, -0.25) is 4.79 Å². The van der Waals surface area contributed by atoms with Gasteiger partial charge in [-0.15, -0.1) is 0 Å². The zero-order valence-corrected chi connectivity index (χ0v) is 16.6. The molecule has 6 heteroatoms. The van der Waals surface area contributed by atoms with Crippen LogP contribution < -0.4 is 10.2 Å². The standard InChI is InChI=1S/C21H29N5O/c1-15(2)17-6-5-7-18(16(3)4)21(17)24-19-12-20(23-13-22-19)26-10-8-25(14-27)9-11-26/h5-7,12-16H,8-11H2,1-4H3,(H,22,23,24). The fourth-order valence-electron chi connectivity index (χ4n) is 3.47. The summed E-state index contributed by atoms with van der Waals surface area (Å²) in [6, 6.07) is 8.49. The van der Waals surface area contributed by atoms with Gasteiger partial charge in [0.05, 0.1) is 0 Å². The van der Waals surface area contributed by atoms with E-state index in [9.17, 15) is 4.79 Å². The number of hydrogen-bond acceptors (Lipinski definition) is 5. The first kappa shape index (κ1) is 19.1. The predicted molar refractivity (Wildman–Crippen MR) is 110 cm³/mol. The highest BCUT2D eigenvalue weighted by Crippen LogP contribution is 2.34. The molecule has 3 rings (SSSR count). The van der Waals surface area contributed by atoms with Crippen molar-refractivity contribution >= 4 is 23.7 Å². The Kier molecular flexibility index (Phi) is 5.94. The summed E-state index contributed by atoms with van der Waals surface area (Å²) in [7, 11) is 0. The first-order valence-corrected chi connectivity index (χ1v) is 9.65. The number of piperazine rings is 1. The molecule has 0 aliphatic carbocycles. The number of anilines is 3. The van der Waals surface area contributed by atoms with Crippen molar-refractivity contribution in [2.75, 3.05) is 36.4 Å². The molecule has 1 aliphatic heterocycles. The van der Waals surface area contributed by atoms with Crippen LogP contribution in [0.2, 0.25) is 0 Å². The van der Waals surface area contributed by atoms with Crippen LogP contribution in [0.4, 0.5) is 17.3 Å². The molecule has 1 aliphatic rings. The van der Waals surface area contributed by atoms with Gasteiger partial charge in [0.2, 0.25) is 6.41 Å². The summed E-state index contributed by atoms with van der Waals surface area (Å²) in [6.07, 6.45) is 2.53. The van der Waals surface area contributed by atoms with E-state index in [1.807, 2.05) is 6.07 Å². The highest BCUT2D eigenvalue weighted by molar-refractivity contribution is 5.68. The van der Waals surface area contributed by atoms with E-state index in [-0.39, 0.29) is 0 Å². The fourth-order valence-corrected chi connectivity index (χ4v) is 3.47. The Morgan fingerprint density at radius 2 is 1.63 bits per heavy atom. The molecule has 27 heavy (non-hydrogen) atoms. The zero-order valence-electron chi connectivity index (χ0n) is 16.6. The van der Waals surface area contributed by atoms with Crippen LogP contribution in [0.3, 0.4) is 0 Å². The maximum absolute atomic E-state index is 10.9. The lowest BCUT2D eigenvalue weighted by atomic mass is 9.92. The maximum Gasteiger partial charge on any atom is 0.209 e. The molecule has 144 valence electrons. The summed E-state index contributed by atoms with van der Waals surface area (Å²) in [5.41, 5.74) is 3.74. The van der Waals surface area contributed by atoms with Crippen LogP contribution in [-0.2, 0) is 4.79 Å². The summed E-state index contributed by atoms with van der Waals surface area (Å²) < 4.78 is 0. The normalized spacial score (nSPS) is 14.7. The van der Waals surface area contributed by atoms with Crippen LogP contribution in [0.15, 0.2) is 30.6 Å². The van der Waals surface area contributed by atoms with Gasteiger partial charge in [0, 0.05) is 37.9 Å². The van der Waals surface area contributed by atoms with E-state index >= 15 is 0 Å². The Morgan fingerprint density at radius 1 is 1.00 bits per heavy atom. The van der Waals surface area contributed by atoms with Crippen molar-refractivity contribution in [1.82, 2.24) is 14.9 Å². The van der Waals surface area contributed by atoms with Crippen LogP contribution in [-0.4, -0.2) is 47.5 Å². The quantitative estimate of drug-likeness (QED) is 0.788. The van der Waals surface area contributed by atoms with E-state index in [1.54, 1.807) is 11.2 Å². The number of nitrogens with zero attached hydrogens (tertiary/aromatic N) is 4. The Labute approximate surface area is 161 Å². The minimum atomic E-state index is 0.420. The second-order valence-electron chi connectivity index (χ2n) is 7.64. The summed E-state index contributed by atoms with van der Waals surface area (Å²) in [5.74, 6) is 2.53. The molecule has 0 radical (unpaired) electrons. The van der Waals surface area contributed by atoms with Crippen LogP contribution in [0.5, 0.6) is 0 Å². The maximum atomic E-state index is 10.9. The Bertz CT molecular complexity index is 756. The fraction of sp³-hybridized carbons (Fsp3) is 0.476. The number of para-hydroxylation sites is 1. The van der Waals surface area contributed by atoms with Crippen LogP contribution in [0.1, 0.15) is 50.7 Å². The highest BCUT2D eigenvalue weighted by atomic mass is 16.1. The van der Waals surface area contributed by atoms with Gasteiger partial charge in [0.25, 0.3) is 0 Å². The third-order valence-corrected chi connectivity index (χ3v) is 5.07. The SMILES string of the molecule is CC(C)c1cccc(C(C)C)c1Nc1cc(N2CCN(C=O)CC2)ncn1. The molecule has 1 fully saturated rings. The highest BCUT2D eigenvalue weighted by Gasteiger charge is 2.18. The second kappa shape index (κ2) is 8.37. The van der Waals surface area contributed by atoms with Crippen molar-refractivity contribution in [1.29, 1.82) is 0 Å². The molecule has 1 saturated heterocycles. The van der Waals surface area contributed by atoms with Gasteiger partial charge in [-0.1, -0.05) is 45.9 Å². The van der Waals surface area contributed by atoms with Crippen molar-refractivity contribution in [3.05, 3.63) is 41.7 Å². The minimum absolute atomic E-state index is 0.420. The number of carbonyl (C=O) groups is 1. The van der Waals surface area contributed by atoms with E-state index < -0.39 is 0 Å². The first-order valence-electron chi connectivity index (χ1n) is 9.65. The number of rotatable bonds is 6. The van der Waals surface area contributed by atoms with Gasteiger partial charge >= 0.3 is 0 Å². The smallest absolute Gasteiger partial charge is 0.209 e. The summed E-state index contributed by atoms with van der Waals surface area (Å²) in [6.45, 7) is 11.9. The topological polar surface area (TPSA) is 61.4 Å². The molecule has 0 saturated carbocycles. The van der Waals surface area contributed by atoms with Crippen molar-refractivity contribution in [2.45, 2.75) is 39.5 Å². The van der Waals surface area contributed by atoms with Crippen molar-refractivity contribution in [3.63, 3.8) is 0 Å². The van der Waals surface area contributed by atoms with Gasteiger partial charge in [-0.25, -0.2) is 9.97 Å². The Balaban J connectivity index is 1.86. The number of hydrogen-bond donors (Lipinski definition) is 1. The number of benzene rings is 1. The molecule has 2 aromatic rings. The number of carbonyl (C=O) groups excluding carboxylic acids is 1. The van der Waals surface area contributed by atoms with Crippen LogP contribution in [0.25, 0.3) is 0 Å². The van der Waals surface area contributed by atoms with Crippen LogP contribution >= 0.6 is 0 Å². The average Bonchev–Trinajstić information content (AvgIpc) is 2.68. The van der Waals surface area contributed by atoms with E-state index in [0.29, 0.717) is 11.8 Å². The lowest BCUT2D eigenvalue weighted by molar-refractivity contribution is -0.118. The molecular weight excluding hydrogens is 338 g/mol. The van der Waals surface area contributed by atoms with E-state index in [1.165, 1.54) is 11.1 Å². The lowest BCUT2D eigenvalue weighted by Gasteiger charge is -2.33. The molecule has 0 bridgehead atoms. The molecule has 1 aromatic heterocycles.